The van der Waals surface area contributed by atoms with Crippen molar-refractivity contribution in [2.45, 2.75) is 19.9 Å². The van der Waals surface area contributed by atoms with Crippen LogP contribution in [0.4, 0.5) is 0 Å². The molecule has 1 aromatic heterocycles. The van der Waals surface area contributed by atoms with E-state index in [0.29, 0.717) is 36.4 Å². The molecular formula is C9H15N3O3S. The van der Waals surface area contributed by atoms with Crippen LogP contribution < -0.4 is 5.32 Å². The molecule has 1 aliphatic heterocycles. The summed E-state index contributed by atoms with van der Waals surface area (Å²) < 4.78 is 27.6. The second-order valence-corrected chi connectivity index (χ2v) is 6.34. The van der Waals surface area contributed by atoms with Crippen LogP contribution in [0.5, 0.6) is 0 Å². The van der Waals surface area contributed by atoms with Crippen LogP contribution in [0.25, 0.3) is 0 Å². The number of aryl methyl sites for hydroxylation is 1. The fraction of sp³-hybridized carbons (Fsp3) is 0.778. The number of hydrogen-bond acceptors (Lipinski definition) is 6. The fourth-order valence-electron chi connectivity index (χ4n) is 1.83. The van der Waals surface area contributed by atoms with Gasteiger partial charge in [0.2, 0.25) is 11.8 Å². The molecule has 16 heavy (non-hydrogen) atoms. The second kappa shape index (κ2) is 4.50. The van der Waals surface area contributed by atoms with Crippen molar-refractivity contribution in [2.24, 2.45) is 5.92 Å². The minimum atomic E-state index is -2.78. The summed E-state index contributed by atoms with van der Waals surface area (Å²) >= 11 is 0. The van der Waals surface area contributed by atoms with Crippen molar-refractivity contribution in [3.63, 3.8) is 0 Å². The summed E-state index contributed by atoms with van der Waals surface area (Å²) in [7, 11) is -2.78. The standard InChI is InChI=1S/C9H15N3O3S/c1-7-11-12-9(15-7)5-10-4-8-2-3-16(13,14)6-8/h8,10H,2-6H2,1H3. The normalized spacial score (nSPS) is 23.7. The smallest absolute Gasteiger partial charge is 0.230 e. The number of aromatic nitrogens is 2. The summed E-state index contributed by atoms with van der Waals surface area (Å²) in [6.45, 7) is 2.91. The Morgan fingerprint density at radius 2 is 2.31 bits per heavy atom. The first-order valence-corrected chi connectivity index (χ1v) is 7.07. The van der Waals surface area contributed by atoms with E-state index in [-0.39, 0.29) is 5.92 Å². The molecule has 0 amide bonds. The fourth-order valence-corrected chi connectivity index (χ4v) is 3.69. The molecule has 1 N–H and O–H groups in total. The Bertz CT molecular complexity index is 454. The van der Waals surface area contributed by atoms with E-state index in [1.54, 1.807) is 6.92 Å². The van der Waals surface area contributed by atoms with Crippen LogP contribution in [0.15, 0.2) is 4.42 Å². The highest BCUT2D eigenvalue weighted by atomic mass is 32.2. The maximum atomic E-state index is 11.2. The number of hydrogen-bond donors (Lipinski definition) is 1. The molecule has 2 heterocycles. The predicted molar refractivity (Wildman–Crippen MR) is 57.5 cm³/mol. The zero-order valence-electron chi connectivity index (χ0n) is 9.14. The zero-order chi connectivity index (χ0) is 11.6. The highest BCUT2D eigenvalue weighted by Crippen LogP contribution is 2.17. The van der Waals surface area contributed by atoms with E-state index in [4.69, 9.17) is 4.42 Å². The van der Waals surface area contributed by atoms with E-state index >= 15 is 0 Å². The molecule has 6 nitrogen and oxygen atoms in total. The summed E-state index contributed by atoms with van der Waals surface area (Å²) in [6, 6.07) is 0. The Balaban J connectivity index is 1.73. The average molecular weight is 245 g/mol. The van der Waals surface area contributed by atoms with Crippen LogP contribution in [0.2, 0.25) is 0 Å². The summed E-state index contributed by atoms with van der Waals surface area (Å²) in [4.78, 5) is 0. The summed E-state index contributed by atoms with van der Waals surface area (Å²) in [6.07, 6.45) is 0.748. The van der Waals surface area contributed by atoms with Gasteiger partial charge in [0, 0.05) is 6.92 Å². The van der Waals surface area contributed by atoms with Crippen LogP contribution in [0.3, 0.4) is 0 Å². The van der Waals surface area contributed by atoms with Crippen molar-refractivity contribution in [3.05, 3.63) is 11.8 Å². The lowest BCUT2D eigenvalue weighted by Crippen LogP contribution is -2.23. The van der Waals surface area contributed by atoms with E-state index < -0.39 is 9.84 Å². The van der Waals surface area contributed by atoms with Gasteiger partial charge in [0.05, 0.1) is 18.1 Å². The minimum Gasteiger partial charge on any atom is -0.424 e. The quantitative estimate of drug-likeness (QED) is 0.797. The molecule has 7 heteroatoms. The van der Waals surface area contributed by atoms with Crippen LogP contribution in [0.1, 0.15) is 18.2 Å². The Labute approximate surface area is 94.4 Å². The first-order chi connectivity index (χ1) is 7.55. The molecular weight excluding hydrogens is 230 g/mol. The van der Waals surface area contributed by atoms with Gasteiger partial charge in [-0.15, -0.1) is 10.2 Å². The third-order valence-corrected chi connectivity index (χ3v) is 4.44. The minimum absolute atomic E-state index is 0.217. The Morgan fingerprint density at radius 1 is 1.50 bits per heavy atom. The highest BCUT2D eigenvalue weighted by Gasteiger charge is 2.27. The molecule has 0 aliphatic carbocycles. The molecule has 1 aromatic rings. The van der Waals surface area contributed by atoms with Gasteiger partial charge in [-0.3, -0.25) is 0 Å². The van der Waals surface area contributed by atoms with Gasteiger partial charge in [0.25, 0.3) is 0 Å². The molecule has 1 saturated heterocycles. The summed E-state index contributed by atoms with van der Waals surface area (Å²) in [5.74, 6) is 1.91. The van der Waals surface area contributed by atoms with Crippen molar-refractivity contribution < 1.29 is 12.8 Å². The van der Waals surface area contributed by atoms with Crippen molar-refractivity contribution in [3.8, 4) is 0 Å². The first-order valence-electron chi connectivity index (χ1n) is 5.25. The van der Waals surface area contributed by atoms with Crippen LogP contribution in [-0.4, -0.2) is 36.7 Å². The Kier molecular flexibility index (Phi) is 3.25. The predicted octanol–water partition coefficient (Wildman–Crippen LogP) is -0.0977. The molecule has 2 rings (SSSR count). The molecule has 0 aromatic carbocycles. The van der Waals surface area contributed by atoms with E-state index in [9.17, 15) is 8.42 Å². The van der Waals surface area contributed by atoms with E-state index in [1.165, 1.54) is 0 Å². The molecule has 1 unspecified atom stereocenters. The van der Waals surface area contributed by atoms with Crippen LogP contribution in [0, 0.1) is 12.8 Å². The van der Waals surface area contributed by atoms with Crippen molar-refractivity contribution in [1.29, 1.82) is 0 Å². The molecule has 0 spiro atoms. The van der Waals surface area contributed by atoms with Crippen LogP contribution >= 0.6 is 0 Å². The maximum absolute atomic E-state index is 11.2. The van der Waals surface area contributed by atoms with Crippen LogP contribution in [-0.2, 0) is 16.4 Å². The number of sulfone groups is 1. The first kappa shape index (κ1) is 11.5. The molecule has 1 atom stereocenters. The van der Waals surface area contributed by atoms with Gasteiger partial charge in [0.1, 0.15) is 0 Å². The Hall–Kier alpha value is -0.950. The SMILES string of the molecule is Cc1nnc(CNCC2CCS(=O)(=O)C2)o1. The zero-order valence-corrected chi connectivity index (χ0v) is 9.96. The lowest BCUT2D eigenvalue weighted by Gasteiger charge is -2.06. The van der Waals surface area contributed by atoms with Gasteiger partial charge in [-0.25, -0.2) is 8.42 Å². The molecule has 1 fully saturated rings. The van der Waals surface area contributed by atoms with Gasteiger partial charge in [0.15, 0.2) is 9.84 Å². The second-order valence-electron chi connectivity index (χ2n) is 4.11. The van der Waals surface area contributed by atoms with Gasteiger partial charge in [-0.1, -0.05) is 0 Å². The van der Waals surface area contributed by atoms with E-state index in [1.807, 2.05) is 0 Å². The van der Waals surface area contributed by atoms with Gasteiger partial charge in [-0.2, -0.15) is 0 Å². The van der Waals surface area contributed by atoms with E-state index in [2.05, 4.69) is 15.5 Å². The average Bonchev–Trinajstić information content (AvgIpc) is 2.73. The molecule has 0 bridgehead atoms. The lowest BCUT2D eigenvalue weighted by atomic mass is 10.1. The third kappa shape index (κ3) is 3.02. The number of nitrogens with one attached hydrogen (secondary N) is 1. The van der Waals surface area contributed by atoms with Crippen molar-refractivity contribution in [2.75, 3.05) is 18.1 Å². The van der Waals surface area contributed by atoms with E-state index in [0.717, 1.165) is 6.42 Å². The monoisotopic (exact) mass is 245 g/mol. The van der Waals surface area contributed by atoms with Gasteiger partial charge in [-0.05, 0) is 18.9 Å². The molecule has 90 valence electrons. The number of rotatable bonds is 4. The molecule has 0 saturated carbocycles. The largest absolute Gasteiger partial charge is 0.424 e. The summed E-state index contributed by atoms with van der Waals surface area (Å²) in [5, 5.41) is 10.7. The lowest BCUT2D eigenvalue weighted by molar-refractivity contribution is 0.430. The third-order valence-electron chi connectivity index (χ3n) is 2.60. The highest BCUT2D eigenvalue weighted by molar-refractivity contribution is 7.91. The molecule has 1 aliphatic rings. The number of nitrogens with zero attached hydrogens (tertiary/aromatic N) is 2. The Morgan fingerprint density at radius 3 is 2.88 bits per heavy atom. The topological polar surface area (TPSA) is 85.1 Å². The maximum Gasteiger partial charge on any atom is 0.230 e. The van der Waals surface area contributed by atoms with Crippen molar-refractivity contribution >= 4 is 9.84 Å². The van der Waals surface area contributed by atoms with Crippen molar-refractivity contribution in [1.82, 2.24) is 15.5 Å². The summed E-state index contributed by atoms with van der Waals surface area (Å²) in [5.41, 5.74) is 0. The van der Waals surface area contributed by atoms with Gasteiger partial charge >= 0.3 is 0 Å². The van der Waals surface area contributed by atoms with Gasteiger partial charge < -0.3 is 9.73 Å². The molecule has 0 radical (unpaired) electrons.